The monoisotopic (exact) mass is 133 g/mol. The zero-order valence-corrected chi connectivity index (χ0v) is 5.93. The van der Waals surface area contributed by atoms with E-state index >= 15 is 0 Å². The Morgan fingerprint density at radius 1 is 1.20 bits per heavy atom. The molecule has 0 unspecified atom stereocenters. The fourth-order valence-corrected chi connectivity index (χ4v) is 1.40. The van der Waals surface area contributed by atoms with Gasteiger partial charge in [-0.2, -0.15) is 0 Å². The average Bonchev–Trinajstić information content (AvgIpc) is 2.05. The van der Waals surface area contributed by atoms with E-state index < -0.39 is 0 Å². The Labute approximate surface area is 61.1 Å². The van der Waals surface area contributed by atoms with Crippen molar-refractivity contribution in [3.05, 3.63) is 35.6 Å². The molecule has 0 amide bonds. The van der Waals surface area contributed by atoms with Crippen molar-refractivity contribution < 1.29 is 0 Å². The first-order chi connectivity index (χ1) is 4.97. The molecular weight excluding hydrogens is 122 g/mol. The van der Waals surface area contributed by atoms with E-state index in [4.69, 9.17) is 0 Å². The highest BCUT2D eigenvalue weighted by atomic mass is 14.9. The van der Waals surface area contributed by atoms with E-state index in [0.29, 0.717) is 0 Å². The van der Waals surface area contributed by atoms with Gasteiger partial charge < -0.3 is 5.32 Å². The standard InChI is InChI=1S/C9H11N/c1-2-6-9-8(4-1)5-3-7-10-9/h2-3,5-6,10H,1,4,7H2. The van der Waals surface area contributed by atoms with E-state index in [9.17, 15) is 0 Å². The predicted molar refractivity (Wildman–Crippen MR) is 42.5 cm³/mol. The van der Waals surface area contributed by atoms with Gasteiger partial charge in [-0.15, -0.1) is 0 Å². The maximum atomic E-state index is 3.33. The molecule has 0 radical (unpaired) electrons. The Kier molecular flexibility index (Phi) is 1.35. The molecule has 0 spiro atoms. The third kappa shape index (κ3) is 0.878. The molecule has 10 heavy (non-hydrogen) atoms. The van der Waals surface area contributed by atoms with Gasteiger partial charge in [-0.05, 0) is 24.5 Å². The highest BCUT2D eigenvalue weighted by Crippen LogP contribution is 2.19. The van der Waals surface area contributed by atoms with E-state index in [-0.39, 0.29) is 0 Å². The maximum Gasteiger partial charge on any atom is 0.0371 e. The molecule has 1 heterocycles. The van der Waals surface area contributed by atoms with Crippen molar-refractivity contribution >= 4 is 0 Å². The molecule has 0 aromatic carbocycles. The van der Waals surface area contributed by atoms with Gasteiger partial charge in [0, 0.05) is 12.2 Å². The molecule has 0 aromatic heterocycles. The van der Waals surface area contributed by atoms with Gasteiger partial charge in [0.2, 0.25) is 0 Å². The minimum absolute atomic E-state index is 0.989. The molecule has 1 aliphatic heterocycles. The molecule has 0 fully saturated rings. The van der Waals surface area contributed by atoms with Crippen LogP contribution in [0.25, 0.3) is 0 Å². The summed E-state index contributed by atoms with van der Waals surface area (Å²) < 4.78 is 0. The van der Waals surface area contributed by atoms with Crippen LogP contribution in [0.4, 0.5) is 0 Å². The van der Waals surface area contributed by atoms with E-state index in [0.717, 1.165) is 6.54 Å². The van der Waals surface area contributed by atoms with Gasteiger partial charge in [0.05, 0.1) is 0 Å². The zero-order chi connectivity index (χ0) is 6.81. The lowest BCUT2D eigenvalue weighted by Gasteiger charge is -2.17. The fraction of sp³-hybridized carbons (Fsp3) is 0.333. The van der Waals surface area contributed by atoms with Crippen LogP contribution >= 0.6 is 0 Å². The zero-order valence-electron chi connectivity index (χ0n) is 5.93. The molecule has 1 aliphatic carbocycles. The van der Waals surface area contributed by atoms with Crippen LogP contribution in [0.2, 0.25) is 0 Å². The van der Waals surface area contributed by atoms with Gasteiger partial charge in [0.25, 0.3) is 0 Å². The number of allylic oxidation sites excluding steroid dienone is 4. The lowest BCUT2D eigenvalue weighted by molar-refractivity contribution is 0.843. The first-order valence-electron chi connectivity index (χ1n) is 3.77. The van der Waals surface area contributed by atoms with Crippen molar-refractivity contribution in [3.63, 3.8) is 0 Å². The van der Waals surface area contributed by atoms with Gasteiger partial charge in [-0.1, -0.05) is 18.2 Å². The molecule has 2 aliphatic rings. The maximum absolute atomic E-state index is 3.33. The highest BCUT2D eigenvalue weighted by molar-refractivity contribution is 5.37. The first-order valence-corrected chi connectivity index (χ1v) is 3.77. The van der Waals surface area contributed by atoms with Crippen LogP contribution in [-0.4, -0.2) is 6.54 Å². The number of hydrogen-bond acceptors (Lipinski definition) is 1. The van der Waals surface area contributed by atoms with E-state index in [2.05, 4.69) is 29.6 Å². The minimum Gasteiger partial charge on any atom is -0.381 e. The summed E-state index contributed by atoms with van der Waals surface area (Å²) in [7, 11) is 0. The van der Waals surface area contributed by atoms with Gasteiger partial charge in [-0.3, -0.25) is 0 Å². The fourth-order valence-electron chi connectivity index (χ4n) is 1.40. The van der Waals surface area contributed by atoms with Crippen LogP contribution in [0.1, 0.15) is 12.8 Å². The summed E-state index contributed by atoms with van der Waals surface area (Å²) in [6.07, 6.45) is 11.2. The summed E-state index contributed by atoms with van der Waals surface area (Å²) in [5.74, 6) is 0. The minimum atomic E-state index is 0.989. The number of hydrogen-bond donors (Lipinski definition) is 1. The molecule has 0 saturated heterocycles. The molecule has 0 aromatic rings. The summed E-state index contributed by atoms with van der Waals surface area (Å²) in [5.41, 5.74) is 2.79. The van der Waals surface area contributed by atoms with Crippen molar-refractivity contribution in [1.82, 2.24) is 5.32 Å². The molecule has 0 bridgehead atoms. The van der Waals surface area contributed by atoms with Crippen molar-refractivity contribution in [2.45, 2.75) is 12.8 Å². The summed E-state index contributed by atoms with van der Waals surface area (Å²) in [6.45, 7) is 0.989. The van der Waals surface area contributed by atoms with E-state index in [1.54, 1.807) is 0 Å². The Morgan fingerprint density at radius 3 is 3.10 bits per heavy atom. The second-order valence-corrected chi connectivity index (χ2v) is 2.66. The summed E-state index contributed by atoms with van der Waals surface area (Å²) in [5, 5.41) is 3.33. The third-order valence-corrected chi connectivity index (χ3v) is 1.94. The van der Waals surface area contributed by atoms with Crippen LogP contribution in [-0.2, 0) is 0 Å². The van der Waals surface area contributed by atoms with Crippen molar-refractivity contribution in [3.8, 4) is 0 Å². The lowest BCUT2D eigenvalue weighted by Crippen LogP contribution is -2.18. The van der Waals surface area contributed by atoms with Gasteiger partial charge in [0.15, 0.2) is 0 Å². The first kappa shape index (κ1) is 5.78. The van der Waals surface area contributed by atoms with Crippen LogP contribution in [0.3, 0.4) is 0 Å². The molecule has 52 valence electrons. The quantitative estimate of drug-likeness (QED) is 0.531. The van der Waals surface area contributed by atoms with E-state index in [1.807, 2.05) is 0 Å². The third-order valence-electron chi connectivity index (χ3n) is 1.94. The number of rotatable bonds is 0. The molecule has 0 atom stereocenters. The van der Waals surface area contributed by atoms with Crippen LogP contribution in [0.15, 0.2) is 35.6 Å². The van der Waals surface area contributed by atoms with Crippen LogP contribution in [0, 0.1) is 0 Å². The normalized spacial score (nSPS) is 22.4. The second-order valence-electron chi connectivity index (χ2n) is 2.66. The molecular formula is C9H11N. The molecule has 0 saturated carbocycles. The summed E-state index contributed by atoms with van der Waals surface area (Å²) in [4.78, 5) is 0. The molecule has 1 heteroatoms. The van der Waals surface area contributed by atoms with Crippen molar-refractivity contribution in [2.75, 3.05) is 6.54 Å². The Balaban J connectivity index is 2.32. The van der Waals surface area contributed by atoms with E-state index in [1.165, 1.54) is 24.1 Å². The summed E-state index contributed by atoms with van der Waals surface area (Å²) >= 11 is 0. The van der Waals surface area contributed by atoms with Crippen LogP contribution in [0.5, 0.6) is 0 Å². The SMILES string of the molecule is C1=CC2=C(C=CCN2)CC1. The Bertz CT molecular complexity index is 197. The molecule has 1 N–H and O–H groups in total. The second kappa shape index (κ2) is 2.33. The Hall–Kier alpha value is -0.980. The predicted octanol–water partition coefficient (Wildman–Crippen LogP) is 1.75. The Morgan fingerprint density at radius 2 is 2.20 bits per heavy atom. The topological polar surface area (TPSA) is 12.0 Å². The van der Waals surface area contributed by atoms with Crippen LogP contribution < -0.4 is 5.32 Å². The van der Waals surface area contributed by atoms with Crippen molar-refractivity contribution in [2.24, 2.45) is 0 Å². The molecule has 2 rings (SSSR count). The lowest BCUT2D eigenvalue weighted by atomic mass is 10.00. The largest absolute Gasteiger partial charge is 0.381 e. The number of dihydropyridines is 1. The highest BCUT2D eigenvalue weighted by Gasteiger charge is 2.06. The average molecular weight is 133 g/mol. The van der Waals surface area contributed by atoms with Gasteiger partial charge in [-0.25, -0.2) is 0 Å². The van der Waals surface area contributed by atoms with Gasteiger partial charge >= 0.3 is 0 Å². The van der Waals surface area contributed by atoms with Crippen molar-refractivity contribution in [1.29, 1.82) is 0 Å². The summed E-state index contributed by atoms with van der Waals surface area (Å²) in [6, 6.07) is 0. The van der Waals surface area contributed by atoms with Gasteiger partial charge in [0.1, 0.15) is 0 Å². The molecule has 1 nitrogen and oxygen atoms in total. The smallest absolute Gasteiger partial charge is 0.0371 e. The number of nitrogens with one attached hydrogen (secondary N) is 1.